The molecule has 2 atom stereocenters. The van der Waals surface area contributed by atoms with E-state index in [-0.39, 0.29) is 37.1 Å². The standard InChI is InChI=1S/C19H22N4O2.C17H18N2O2S.C2H6/c24-19-14-25-13-18(23(19)12-15-5-1-2-7-21-15)16-11-20-8-6-17(16)22-9-3-4-10-22;1-19-16(10-21-11-17(19)20)15-9-18-8-7-14(15)12-3-5-13(22-2)6-4-12;1-2/h1-2,5-8,11,18H,3-4,9-10,12-14H2;3-9,16H,10-11H2,1-2H3;1-2H3. The number of aromatic nitrogens is 3. The van der Waals surface area contributed by atoms with Crippen molar-refractivity contribution in [3.8, 4) is 11.1 Å². The van der Waals surface area contributed by atoms with Crippen LogP contribution in [0.5, 0.6) is 0 Å². The van der Waals surface area contributed by atoms with Crippen LogP contribution < -0.4 is 4.90 Å². The number of pyridine rings is 3. The fourth-order valence-electron chi connectivity index (χ4n) is 6.28. The van der Waals surface area contributed by atoms with Gasteiger partial charge in [-0.05, 0) is 66.6 Å². The Morgan fingerprint density at radius 2 is 1.47 bits per heavy atom. The summed E-state index contributed by atoms with van der Waals surface area (Å²) in [6, 6.07) is 18.0. The predicted molar refractivity (Wildman–Crippen MR) is 193 cm³/mol. The molecule has 0 saturated carbocycles. The summed E-state index contributed by atoms with van der Waals surface area (Å²) in [5.74, 6) is 0.00177. The number of likely N-dealkylation sites (N-methyl/N-ethyl adjacent to an activating group) is 1. The molecule has 0 spiro atoms. The van der Waals surface area contributed by atoms with Crippen molar-refractivity contribution in [1.82, 2.24) is 24.8 Å². The van der Waals surface area contributed by atoms with E-state index in [4.69, 9.17) is 9.47 Å². The van der Waals surface area contributed by atoms with Gasteiger partial charge < -0.3 is 24.2 Å². The number of carbonyl (C=O) groups excluding carboxylic acids is 2. The summed E-state index contributed by atoms with van der Waals surface area (Å²) in [4.78, 5) is 44.6. The summed E-state index contributed by atoms with van der Waals surface area (Å²) in [7, 11) is 1.82. The van der Waals surface area contributed by atoms with E-state index in [0.29, 0.717) is 19.8 Å². The monoisotopic (exact) mass is 682 g/mol. The largest absolute Gasteiger partial charge is 0.371 e. The molecule has 10 nitrogen and oxygen atoms in total. The van der Waals surface area contributed by atoms with Gasteiger partial charge in [-0.15, -0.1) is 11.8 Å². The highest BCUT2D eigenvalue weighted by Gasteiger charge is 2.33. The molecule has 0 aliphatic carbocycles. The number of benzene rings is 1. The van der Waals surface area contributed by atoms with Gasteiger partial charge in [0.2, 0.25) is 11.8 Å². The number of ether oxygens (including phenoxy) is 2. The molecule has 1 aromatic carbocycles. The molecule has 0 bridgehead atoms. The number of thioether (sulfide) groups is 1. The second kappa shape index (κ2) is 17.9. The van der Waals surface area contributed by atoms with Gasteiger partial charge in [-0.3, -0.25) is 24.5 Å². The third kappa shape index (κ3) is 8.83. The molecule has 3 aromatic heterocycles. The maximum atomic E-state index is 12.6. The first-order chi connectivity index (χ1) is 24.0. The minimum Gasteiger partial charge on any atom is -0.371 e. The second-order valence-electron chi connectivity index (χ2n) is 11.7. The average molecular weight is 683 g/mol. The molecule has 0 radical (unpaired) electrons. The van der Waals surface area contributed by atoms with E-state index in [1.165, 1.54) is 23.4 Å². The predicted octanol–water partition coefficient (Wildman–Crippen LogP) is 6.20. The third-order valence-corrected chi connectivity index (χ3v) is 9.61. The van der Waals surface area contributed by atoms with Gasteiger partial charge in [-0.1, -0.05) is 32.0 Å². The van der Waals surface area contributed by atoms with Crippen molar-refractivity contribution in [2.75, 3.05) is 57.7 Å². The number of amides is 2. The maximum Gasteiger partial charge on any atom is 0.249 e. The zero-order chi connectivity index (χ0) is 34.6. The first-order valence-electron chi connectivity index (χ1n) is 16.9. The van der Waals surface area contributed by atoms with Crippen LogP contribution in [-0.2, 0) is 25.6 Å². The van der Waals surface area contributed by atoms with Gasteiger partial charge in [0.05, 0.1) is 37.5 Å². The van der Waals surface area contributed by atoms with Gasteiger partial charge in [-0.2, -0.15) is 0 Å². The Morgan fingerprint density at radius 1 is 0.796 bits per heavy atom. The van der Waals surface area contributed by atoms with Crippen LogP contribution in [0.15, 0.2) is 90.5 Å². The normalized spacial score (nSPS) is 19.1. The molecule has 3 saturated heterocycles. The summed E-state index contributed by atoms with van der Waals surface area (Å²) >= 11 is 1.72. The topological polar surface area (TPSA) is 101 Å². The molecule has 0 N–H and O–H groups in total. The number of nitrogens with zero attached hydrogens (tertiary/aromatic N) is 6. The number of rotatable bonds is 7. The third-order valence-electron chi connectivity index (χ3n) is 8.86. The fraction of sp³-hybridized carbons (Fsp3) is 0.395. The van der Waals surface area contributed by atoms with Gasteiger partial charge in [0.25, 0.3) is 0 Å². The molecule has 11 heteroatoms. The van der Waals surface area contributed by atoms with Gasteiger partial charge in [0.15, 0.2) is 0 Å². The first kappa shape index (κ1) is 36.0. The van der Waals surface area contributed by atoms with Crippen LogP contribution >= 0.6 is 11.8 Å². The Kier molecular flexibility index (Phi) is 13.1. The molecule has 6 heterocycles. The van der Waals surface area contributed by atoms with Gasteiger partial charge in [0, 0.05) is 72.8 Å². The number of carbonyl (C=O) groups is 2. The van der Waals surface area contributed by atoms with Crippen molar-refractivity contribution < 1.29 is 19.1 Å². The van der Waals surface area contributed by atoms with Crippen molar-refractivity contribution in [2.24, 2.45) is 0 Å². The molecular weight excluding hydrogens is 637 g/mol. The minimum absolute atomic E-state index is 0.00173. The van der Waals surface area contributed by atoms with E-state index in [1.807, 2.05) is 68.7 Å². The van der Waals surface area contributed by atoms with E-state index < -0.39 is 0 Å². The molecule has 3 aliphatic heterocycles. The van der Waals surface area contributed by atoms with E-state index in [1.54, 1.807) is 29.1 Å². The van der Waals surface area contributed by atoms with Crippen LogP contribution in [0.1, 0.15) is 55.6 Å². The Hall–Kier alpha value is -4.32. The number of anilines is 1. The highest BCUT2D eigenvalue weighted by Crippen LogP contribution is 2.35. The van der Waals surface area contributed by atoms with Crippen molar-refractivity contribution >= 4 is 29.3 Å². The Morgan fingerprint density at radius 3 is 2.16 bits per heavy atom. The van der Waals surface area contributed by atoms with Crippen LogP contribution in [0.2, 0.25) is 0 Å². The van der Waals surface area contributed by atoms with Crippen LogP contribution in [0.4, 0.5) is 5.69 Å². The summed E-state index contributed by atoms with van der Waals surface area (Å²) in [5.41, 5.74) is 6.36. The lowest BCUT2D eigenvalue weighted by atomic mass is 9.96. The molecule has 3 fully saturated rings. The Labute approximate surface area is 293 Å². The molecular formula is C38H46N6O4S. The lowest BCUT2D eigenvalue weighted by Crippen LogP contribution is -2.44. The molecule has 258 valence electrons. The summed E-state index contributed by atoms with van der Waals surface area (Å²) in [5, 5.41) is 0. The molecule has 7 rings (SSSR count). The van der Waals surface area contributed by atoms with Gasteiger partial charge in [-0.25, -0.2) is 0 Å². The SMILES string of the molecule is CC.CSc1ccc(-c2ccncc2C2COCC(=O)N2C)cc1.O=C1COCC(c2cnccc2N2CCCC2)N1Cc1ccccn1. The zero-order valence-corrected chi connectivity index (χ0v) is 29.6. The van der Waals surface area contributed by atoms with E-state index in [9.17, 15) is 9.59 Å². The summed E-state index contributed by atoms with van der Waals surface area (Å²) < 4.78 is 11.0. The molecule has 49 heavy (non-hydrogen) atoms. The maximum absolute atomic E-state index is 12.6. The fourth-order valence-corrected chi connectivity index (χ4v) is 6.69. The van der Waals surface area contributed by atoms with Crippen molar-refractivity contribution in [2.45, 2.75) is 50.2 Å². The molecule has 4 aromatic rings. The lowest BCUT2D eigenvalue weighted by Gasteiger charge is -2.37. The van der Waals surface area contributed by atoms with E-state index in [0.717, 1.165) is 41.0 Å². The Bertz CT molecular complexity index is 1650. The number of hydrogen-bond donors (Lipinski definition) is 0. The number of morpholine rings is 2. The minimum atomic E-state index is -0.132. The van der Waals surface area contributed by atoms with E-state index >= 15 is 0 Å². The molecule has 3 aliphatic rings. The number of hydrogen-bond acceptors (Lipinski definition) is 9. The van der Waals surface area contributed by atoms with Crippen molar-refractivity contribution in [1.29, 1.82) is 0 Å². The lowest BCUT2D eigenvalue weighted by molar-refractivity contribution is -0.149. The molecule has 2 unspecified atom stereocenters. The van der Waals surface area contributed by atoms with E-state index in [2.05, 4.69) is 56.4 Å². The summed E-state index contributed by atoms with van der Waals surface area (Å²) in [6.07, 6.45) is 13.6. The smallest absolute Gasteiger partial charge is 0.249 e. The molecule has 2 amide bonds. The van der Waals surface area contributed by atoms with Crippen molar-refractivity contribution in [3.63, 3.8) is 0 Å². The second-order valence-corrected chi connectivity index (χ2v) is 12.6. The van der Waals surface area contributed by atoms with Crippen LogP contribution in [0, 0.1) is 0 Å². The first-order valence-corrected chi connectivity index (χ1v) is 18.1. The van der Waals surface area contributed by atoms with Crippen molar-refractivity contribution in [3.05, 3.63) is 102 Å². The van der Waals surface area contributed by atoms with Gasteiger partial charge >= 0.3 is 0 Å². The van der Waals surface area contributed by atoms with Crippen LogP contribution in [-0.4, -0.2) is 89.4 Å². The zero-order valence-electron chi connectivity index (χ0n) is 28.8. The van der Waals surface area contributed by atoms with Gasteiger partial charge in [0.1, 0.15) is 13.2 Å². The quantitative estimate of drug-likeness (QED) is 0.211. The highest BCUT2D eigenvalue weighted by atomic mass is 32.2. The summed E-state index contributed by atoms with van der Waals surface area (Å²) in [6.45, 7) is 7.88. The Balaban J connectivity index is 0.000000183. The van der Waals surface area contributed by atoms with Crippen LogP contribution in [0.3, 0.4) is 0 Å². The average Bonchev–Trinajstić information content (AvgIpc) is 3.71. The highest BCUT2D eigenvalue weighted by molar-refractivity contribution is 7.98. The van der Waals surface area contributed by atoms with Crippen LogP contribution in [0.25, 0.3) is 11.1 Å².